The SMILES string of the molecule is O=C(O)c1ccc2c(c1)C1(CC1)c1ccc(OCc3c(-c4c(Cl)cccc4Cl)noc3C3CC3)cc1CC2. The van der Waals surface area contributed by atoms with Crippen LogP contribution in [-0.4, -0.2) is 16.2 Å². The van der Waals surface area contributed by atoms with Crippen LogP contribution >= 0.6 is 23.2 Å². The van der Waals surface area contributed by atoms with E-state index in [0.29, 0.717) is 39.4 Å². The van der Waals surface area contributed by atoms with E-state index in [1.165, 1.54) is 22.3 Å². The Bertz CT molecular complexity index is 1580. The van der Waals surface area contributed by atoms with Crippen molar-refractivity contribution in [2.45, 2.75) is 56.5 Å². The third-order valence-corrected chi connectivity index (χ3v) is 8.86. The van der Waals surface area contributed by atoms with Crippen molar-refractivity contribution in [3.8, 4) is 17.0 Å². The summed E-state index contributed by atoms with van der Waals surface area (Å²) in [7, 11) is 0. The zero-order valence-corrected chi connectivity index (χ0v) is 22.1. The van der Waals surface area contributed by atoms with Crippen molar-refractivity contribution >= 4 is 29.2 Å². The number of carbonyl (C=O) groups is 1. The topological polar surface area (TPSA) is 72.6 Å². The van der Waals surface area contributed by atoms with Crippen LogP contribution in [0.5, 0.6) is 5.75 Å². The van der Waals surface area contributed by atoms with Crippen molar-refractivity contribution in [1.29, 1.82) is 0 Å². The van der Waals surface area contributed by atoms with E-state index < -0.39 is 5.97 Å². The van der Waals surface area contributed by atoms with Crippen molar-refractivity contribution in [2.75, 3.05) is 0 Å². The van der Waals surface area contributed by atoms with Gasteiger partial charge in [-0.05, 0) is 97.2 Å². The molecule has 1 spiro atoms. The molecule has 1 aromatic heterocycles. The van der Waals surface area contributed by atoms with E-state index in [-0.39, 0.29) is 5.41 Å². The van der Waals surface area contributed by atoms with Gasteiger partial charge in [0.25, 0.3) is 0 Å². The molecular weight excluding hydrogens is 521 g/mol. The number of fused-ring (bicyclic) bond motifs is 4. The lowest BCUT2D eigenvalue weighted by atomic mass is 9.84. The molecule has 0 atom stereocenters. The molecule has 1 heterocycles. The van der Waals surface area contributed by atoms with Gasteiger partial charge >= 0.3 is 5.97 Å². The van der Waals surface area contributed by atoms with Crippen LogP contribution in [0.1, 0.15) is 75.5 Å². The molecule has 2 saturated carbocycles. The Morgan fingerprint density at radius 3 is 2.47 bits per heavy atom. The molecule has 4 aromatic rings. The molecule has 3 aliphatic carbocycles. The number of halogens is 2. The van der Waals surface area contributed by atoms with E-state index in [4.69, 9.17) is 32.5 Å². The van der Waals surface area contributed by atoms with Crippen molar-refractivity contribution in [3.05, 3.63) is 104 Å². The van der Waals surface area contributed by atoms with Gasteiger partial charge in [-0.15, -0.1) is 0 Å². The van der Waals surface area contributed by atoms with E-state index in [1.807, 2.05) is 24.3 Å². The summed E-state index contributed by atoms with van der Waals surface area (Å²) in [5.41, 5.74) is 7.43. The van der Waals surface area contributed by atoms with Crippen LogP contribution in [-0.2, 0) is 24.9 Å². The van der Waals surface area contributed by atoms with Crippen LogP contribution in [0.2, 0.25) is 10.0 Å². The quantitative estimate of drug-likeness (QED) is 0.266. The molecule has 38 heavy (non-hydrogen) atoms. The summed E-state index contributed by atoms with van der Waals surface area (Å²) < 4.78 is 12.2. The molecule has 0 unspecified atom stereocenters. The Morgan fingerprint density at radius 1 is 1.00 bits per heavy atom. The predicted octanol–water partition coefficient (Wildman–Crippen LogP) is 7.98. The molecular formula is C31H25Cl2NO4. The van der Waals surface area contributed by atoms with Gasteiger partial charge in [0.2, 0.25) is 0 Å². The normalized spacial score (nSPS) is 17.0. The second kappa shape index (κ2) is 8.89. The predicted molar refractivity (Wildman–Crippen MR) is 146 cm³/mol. The Labute approximate surface area is 230 Å². The van der Waals surface area contributed by atoms with E-state index in [2.05, 4.69) is 17.3 Å². The molecule has 2 fully saturated rings. The number of aromatic carboxylic acids is 1. The Hall–Kier alpha value is -3.28. The van der Waals surface area contributed by atoms with Gasteiger partial charge in [-0.25, -0.2) is 4.79 Å². The third-order valence-electron chi connectivity index (χ3n) is 8.23. The second-order valence-electron chi connectivity index (χ2n) is 10.6. The van der Waals surface area contributed by atoms with E-state index >= 15 is 0 Å². The van der Waals surface area contributed by atoms with Crippen LogP contribution in [0.25, 0.3) is 11.3 Å². The lowest BCUT2D eigenvalue weighted by Gasteiger charge is -2.20. The first-order valence-electron chi connectivity index (χ1n) is 13.0. The molecule has 0 radical (unpaired) electrons. The molecule has 7 heteroatoms. The van der Waals surface area contributed by atoms with Gasteiger partial charge in [0.05, 0.1) is 21.2 Å². The van der Waals surface area contributed by atoms with E-state index in [9.17, 15) is 9.90 Å². The van der Waals surface area contributed by atoms with Crippen LogP contribution < -0.4 is 4.74 Å². The van der Waals surface area contributed by atoms with Gasteiger partial charge in [0.1, 0.15) is 23.8 Å². The maximum Gasteiger partial charge on any atom is 0.335 e. The number of carboxylic acid groups (broad SMARTS) is 1. The smallest absolute Gasteiger partial charge is 0.335 e. The van der Waals surface area contributed by atoms with Gasteiger partial charge in [-0.2, -0.15) is 0 Å². The van der Waals surface area contributed by atoms with Crippen molar-refractivity contribution in [2.24, 2.45) is 0 Å². The lowest BCUT2D eigenvalue weighted by Crippen LogP contribution is -2.12. The van der Waals surface area contributed by atoms with E-state index in [1.54, 1.807) is 18.2 Å². The maximum absolute atomic E-state index is 11.6. The highest BCUT2D eigenvalue weighted by molar-refractivity contribution is 6.39. The average molecular weight is 546 g/mol. The Balaban J connectivity index is 1.20. The number of rotatable bonds is 6. The minimum Gasteiger partial charge on any atom is -0.489 e. The zero-order chi connectivity index (χ0) is 26.0. The first-order chi connectivity index (χ1) is 18.4. The molecule has 192 valence electrons. The van der Waals surface area contributed by atoms with Crippen LogP contribution in [0.4, 0.5) is 0 Å². The first kappa shape index (κ1) is 23.8. The fourth-order valence-corrected chi connectivity index (χ4v) is 6.56. The fraction of sp³-hybridized carbons (Fsp3) is 0.290. The molecule has 5 nitrogen and oxygen atoms in total. The molecule has 0 aliphatic heterocycles. The van der Waals surface area contributed by atoms with E-state index in [0.717, 1.165) is 55.6 Å². The number of benzene rings is 3. The van der Waals surface area contributed by atoms with Crippen LogP contribution in [0.3, 0.4) is 0 Å². The lowest BCUT2D eigenvalue weighted by molar-refractivity contribution is 0.0696. The third kappa shape index (κ3) is 3.91. The molecule has 3 aliphatic rings. The van der Waals surface area contributed by atoms with Crippen molar-refractivity contribution in [1.82, 2.24) is 5.16 Å². The highest BCUT2D eigenvalue weighted by atomic mass is 35.5. The van der Waals surface area contributed by atoms with Gasteiger partial charge < -0.3 is 14.4 Å². The number of carboxylic acids is 1. The highest BCUT2D eigenvalue weighted by Crippen LogP contribution is 2.57. The molecule has 7 rings (SSSR count). The number of aryl methyl sites for hydroxylation is 2. The number of hydrogen-bond acceptors (Lipinski definition) is 4. The van der Waals surface area contributed by atoms with Crippen LogP contribution in [0.15, 0.2) is 59.1 Å². The number of aromatic nitrogens is 1. The number of ether oxygens (including phenoxy) is 1. The van der Waals surface area contributed by atoms with Crippen LogP contribution in [0, 0.1) is 0 Å². The highest BCUT2D eigenvalue weighted by Gasteiger charge is 2.49. The van der Waals surface area contributed by atoms with Gasteiger partial charge in [-0.3, -0.25) is 0 Å². The standard InChI is InChI=1S/C31H25Cl2NO4/c32-25-2-1-3-26(33)27(25)28-22(29(38-34-28)18-6-7-18)16-37-21-10-11-23-19(14-21)8-4-17-5-9-20(30(35)36)15-24(17)31(23)12-13-31/h1-3,5,9-11,14-15,18H,4,6-8,12-13,16H2,(H,35,36). The molecule has 0 amide bonds. The average Bonchev–Trinajstić information content (AvgIpc) is 3.84. The summed E-state index contributed by atoms with van der Waals surface area (Å²) in [5, 5.41) is 15.0. The molecule has 1 N–H and O–H groups in total. The van der Waals surface area contributed by atoms with Crippen molar-refractivity contribution < 1.29 is 19.2 Å². The largest absolute Gasteiger partial charge is 0.489 e. The Kier molecular flexibility index (Phi) is 5.57. The zero-order valence-electron chi connectivity index (χ0n) is 20.6. The molecule has 0 saturated heterocycles. The minimum atomic E-state index is -0.881. The van der Waals surface area contributed by atoms with Gasteiger partial charge in [0.15, 0.2) is 0 Å². The van der Waals surface area contributed by atoms with Gasteiger partial charge in [-0.1, -0.05) is 46.6 Å². The molecule has 0 bridgehead atoms. The summed E-state index contributed by atoms with van der Waals surface area (Å²) in [5.74, 6) is 1.11. The molecule has 3 aromatic carbocycles. The number of hydrogen-bond donors (Lipinski definition) is 1. The first-order valence-corrected chi connectivity index (χ1v) is 13.8. The minimum absolute atomic E-state index is 0.0905. The summed E-state index contributed by atoms with van der Waals surface area (Å²) >= 11 is 13.0. The monoisotopic (exact) mass is 545 g/mol. The van der Waals surface area contributed by atoms with Crippen molar-refractivity contribution in [3.63, 3.8) is 0 Å². The summed E-state index contributed by atoms with van der Waals surface area (Å²) in [6.45, 7) is 0.304. The summed E-state index contributed by atoms with van der Waals surface area (Å²) in [4.78, 5) is 11.6. The summed E-state index contributed by atoms with van der Waals surface area (Å²) in [6, 6.07) is 17.4. The Morgan fingerprint density at radius 2 is 1.76 bits per heavy atom. The second-order valence-corrected chi connectivity index (χ2v) is 11.4. The fourth-order valence-electron chi connectivity index (χ4n) is 5.99. The van der Waals surface area contributed by atoms with Gasteiger partial charge in [0, 0.05) is 16.9 Å². The number of nitrogens with zero attached hydrogens (tertiary/aromatic N) is 1. The summed E-state index contributed by atoms with van der Waals surface area (Å²) in [6.07, 6.45) is 5.97. The maximum atomic E-state index is 11.6.